The average Bonchev–Trinajstić information content (AvgIpc) is 3.32. The molecule has 1 amide bonds. The van der Waals surface area contributed by atoms with Crippen LogP contribution in [-0.4, -0.2) is 48.5 Å². The molecule has 1 N–H and O–H groups in total. The molecule has 0 bridgehead atoms. The Bertz CT molecular complexity index is 1130. The Hall–Kier alpha value is -3.13. The van der Waals surface area contributed by atoms with Crippen LogP contribution in [0.15, 0.2) is 71.0 Å². The van der Waals surface area contributed by atoms with Gasteiger partial charge in [0, 0.05) is 36.4 Å². The van der Waals surface area contributed by atoms with Crippen LogP contribution in [0, 0.1) is 0 Å². The van der Waals surface area contributed by atoms with Crippen LogP contribution in [-0.2, 0) is 32.2 Å². The monoisotopic (exact) mass is 449 g/mol. The third-order valence-electron chi connectivity index (χ3n) is 6.12. The van der Waals surface area contributed by atoms with Crippen molar-refractivity contribution in [2.45, 2.75) is 31.8 Å². The third-order valence-corrected chi connectivity index (χ3v) is 6.12. The van der Waals surface area contributed by atoms with E-state index in [9.17, 15) is 9.90 Å². The van der Waals surface area contributed by atoms with Gasteiger partial charge in [-0.3, -0.25) is 4.79 Å². The van der Waals surface area contributed by atoms with Crippen molar-refractivity contribution >= 4 is 16.9 Å². The lowest BCUT2D eigenvalue weighted by molar-refractivity contribution is -0.158. The maximum absolute atomic E-state index is 13.2. The number of fused-ring (bicyclic) bond motifs is 1. The zero-order chi connectivity index (χ0) is 22.6. The first-order chi connectivity index (χ1) is 16.2. The van der Waals surface area contributed by atoms with E-state index in [4.69, 9.17) is 18.6 Å². The first-order valence-electron chi connectivity index (χ1n) is 11.2. The SMILES string of the molecule is O=C(C1=CC(c2coc3ccccc23)CC(OCc2ccc(CO)cc2)O1)N1CCOCC1. The van der Waals surface area contributed by atoms with Crippen LogP contribution in [0.5, 0.6) is 0 Å². The van der Waals surface area contributed by atoms with Gasteiger partial charge in [0.1, 0.15) is 5.58 Å². The minimum Gasteiger partial charge on any atom is -0.464 e. The Morgan fingerprint density at radius 3 is 2.61 bits per heavy atom. The molecule has 2 atom stereocenters. The molecule has 1 aromatic heterocycles. The van der Waals surface area contributed by atoms with E-state index in [0.29, 0.717) is 45.1 Å². The van der Waals surface area contributed by atoms with Gasteiger partial charge in [-0.2, -0.15) is 0 Å². The van der Waals surface area contributed by atoms with Crippen LogP contribution in [0.25, 0.3) is 11.0 Å². The number of carbonyl (C=O) groups is 1. The van der Waals surface area contributed by atoms with Gasteiger partial charge in [-0.15, -0.1) is 0 Å². The summed E-state index contributed by atoms with van der Waals surface area (Å²) in [6, 6.07) is 15.5. The molecule has 0 radical (unpaired) electrons. The molecule has 1 fully saturated rings. The van der Waals surface area contributed by atoms with Crippen molar-refractivity contribution in [3.05, 3.63) is 83.3 Å². The number of ether oxygens (including phenoxy) is 3. The van der Waals surface area contributed by atoms with Gasteiger partial charge in [0.25, 0.3) is 5.91 Å². The molecule has 33 heavy (non-hydrogen) atoms. The summed E-state index contributed by atoms with van der Waals surface area (Å²) in [6.45, 7) is 2.49. The molecule has 2 aliphatic rings. The minimum absolute atomic E-state index is 0.00498. The molecule has 2 unspecified atom stereocenters. The molecule has 0 aliphatic carbocycles. The zero-order valence-electron chi connectivity index (χ0n) is 18.3. The van der Waals surface area contributed by atoms with Crippen LogP contribution in [0.3, 0.4) is 0 Å². The molecular formula is C26H27NO6. The number of amides is 1. The molecule has 7 heteroatoms. The normalized spacial score (nSPS) is 21.0. The molecule has 2 aromatic carbocycles. The summed E-state index contributed by atoms with van der Waals surface area (Å²) in [7, 11) is 0. The quantitative estimate of drug-likeness (QED) is 0.618. The number of aliphatic hydroxyl groups is 1. The lowest BCUT2D eigenvalue weighted by atomic mass is 9.92. The average molecular weight is 450 g/mol. The van der Waals surface area contributed by atoms with Gasteiger partial charge in [-0.25, -0.2) is 0 Å². The molecule has 2 aliphatic heterocycles. The van der Waals surface area contributed by atoms with E-state index in [1.807, 2.05) is 54.6 Å². The molecule has 3 heterocycles. The van der Waals surface area contributed by atoms with E-state index in [2.05, 4.69) is 0 Å². The van der Waals surface area contributed by atoms with Crippen molar-refractivity contribution in [1.82, 2.24) is 4.90 Å². The van der Waals surface area contributed by atoms with Crippen LogP contribution in [0.2, 0.25) is 0 Å². The molecule has 1 saturated heterocycles. The van der Waals surface area contributed by atoms with E-state index in [1.165, 1.54) is 0 Å². The Morgan fingerprint density at radius 2 is 1.82 bits per heavy atom. The highest BCUT2D eigenvalue weighted by atomic mass is 16.7. The summed E-state index contributed by atoms with van der Waals surface area (Å²) < 4.78 is 23.3. The third kappa shape index (κ3) is 4.80. The molecule has 3 aromatic rings. The van der Waals surface area contributed by atoms with Gasteiger partial charge in [0.15, 0.2) is 5.76 Å². The Balaban J connectivity index is 1.38. The lowest BCUT2D eigenvalue weighted by Crippen LogP contribution is -2.43. The van der Waals surface area contributed by atoms with Crippen molar-refractivity contribution in [1.29, 1.82) is 0 Å². The predicted octanol–water partition coefficient (Wildman–Crippen LogP) is 3.71. The summed E-state index contributed by atoms with van der Waals surface area (Å²) in [5, 5.41) is 10.3. The van der Waals surface area contributed by atoms with Gasteiger partial charge in [-0.1, -0.05) is 42.5 Å². The summed E-state index contributed by atoms with van der Waals surface area (Å²) in [4.78, 5) is 15.0. The number of aliphatic hydroxyl groups excluding tert-OH is 1. The standard InChI is InChI=1S/C26H27NO6/c28-15-18-5-7-19(8-6-18)16-32-25-14-20(22-17-31-23-4-2-1-3-21(22)23)13-24(33-25)26(29)27-9-11-30-12-10-27/h1-8,13,17,20,25,28H,9-12,14-16H2. The molecule has 172 valence electrons. The van der Waals surface area contributed by atoms with Gasteiger partial charge in [-0.05, 0) is 23.3 Å². The van der Waals surface area contributed by atoms with Crippen LogP contribution in [0.4, 0.5) is 0 Å². The number of hydrogen-bond acceptors (Lipinski definition) is 6. The second-order valence-electron chi connectivity index (χ2n) is 8.30. The molecular weight excluding hydrogens is 422 g/mol. The minimum atomic E-state index is -0.578. The van der Waals surface area contributed by atoms with Crippen LogP contribution < -0.4 is 0 Å². The van der Waals surface area contributed by atoms with E-state index < -0.39 is 6.29 Å². The molecule has 5 rings (SSSR count). The maximum Gasteiger partial charge on any atom is 0.288 e. The highest BCUT2D eigenvalue weighted by Gasteiger charge is 2.32. The van der Waals surface area contributed by atoms with E-state index >= 15 is 0 Å². The fourth-order valence-corrected chi connectivity index (χ4v) is 4.27. The first kappa shape index (κ1) is 21.7. The summed E-state index contributed by atoms with van der Waals surface area (Å²) >= 11 is 0. The van der Waals surface area contributed by atoms with E-state index in [-0.39, 0.29) is 18.4 Å². The first-order valence-corrected chi connectivity index (χ1v) is 11.2. The molecule has 0 spiro atoms. The number of benzene rings is 2. The lowest BCUT2D eigenvalue weighted by Gasteiger charge is -2.32. The van der Waals surface area contributed by atoms with Gasteiger partial charge >= 0.3 is 0 Å². The van der Waals surface area contributed by atoms with Crippen molar-refractivity contribution in [3.63, 3.8) is 0 Å². The predicted molar refractivity (Wildman–Crippen MR) is 121 cm³/mol. The summed E-state index contributed by atoms with van der Waals surface area (Å²) in [5.74, 6) is 0.0833. The number of para-hydroxylation sites is 1. The fraction of sp³-hybridized carbons (Fsp3) is 0.346. The van der Waals surface area contributed by atoms with E-state index in [0.717, 1.165) is 27.7 Å². The van der Waals surface area contributed by atoms with Gasteiger partial charge in [0.2, 0.25) is 6.29 Å². The fourth-order valence-electron chi connectivity index (χ4n) is 4.27. The Morgan fingerprint density at radius 1 is 1.06 bits per heavy atom. The number of furan rings is 1. The summed E-state index contributed by atoms with van der Waals surface area (Å²) in [5.41, 5.74) is 3.65. The van der Waals surface area contributed by atoms with Gasteiger partial charge in [0.05, 0.1) is 32.7 Å². The number of rotatable bonds is 6. The molecule has 0 saturated carbocycles. The van der Waals surface area contributed by atoms with Crippen molar-refractivity contribution in [2.24, 2.45) is 0 Å². The topological polar surface area (TPSA) is 81.4 Å². The van der Waals surface area contributed by atoms with Crippen molar-refractivity contribution in [3.8, 4) is 0 Å². The maximum atomic E-state index is 13.2. The highest BCUT2D eigenvalue weighted by Crippen LogP contribution is 2.37. The number of hydrogen-bond donors (Lipinski definition) is 1. The Labute approximate surface area is 192 Å². The van der Waals surface area contributed by atoms with Crippen molar-refractivity contribution in [2.75, 3.05) is 26.3 Å². The number of nitrogens with zero attached hydrogens (tertiary/aromatic N) is 1. The van der Waals surface area contributed by atoms with E-state index in [1.54, 1.807) is 11.2 Å². The number of carbonyl (C=O) groups excluding carboxylic acids is 1. The smallest absolute Gasteiger partial charge is 0.288 e. The van der Waals surface area contributed by atoms with Gasteiger partial charge < -0.3 is 28.6 Å². The second-order valence-corrected chi connectivity index (χ2v) is 8.30. The van der Waals surface area contributed by atoms with Crippen LogP contribution >= 0.6 is 0 Å². The van der Waals surface area contributed by atoms with Crippen LogP contribution in [0.1, 0.15) is 29.0 Å². The highest BCUT2D eigenvalue weighted by molar-refractivity contribution is 5.92. The zero-order valence-corrected chi connectivity index (χ0v) is 18.3. The summed E-state index contributed by atoms with van der Waals surface area (Å²) in [6.07, 6.45) is 3.65. The second kappa shape index (κ2) is 9.79. The largest absolute Gasteiger partial charge is 0.464 e. The number of allylic oxidation sites excluding steroid dienone is 1. The Kier molecular flexibility index (Phi) is 6.44. The number of morpholine rings is 1. The van der Waals surface area contributed by atoms with Crippen molar-refractivity contribution < 1.29 is 28.5 Å². The molecule has 7 nitrogen and oxygen atoms in total.